The SMILES string of the molecule is CCC(C)NC(=O)Nc1ccc(CCC(=O)N2CCCC2)cc1. The number of amides is 3. The normalized spacial score (nSPS) is 15.3. The van der Waals surface area contributed by atoms with Gasteiger partial charge in [-0.15, -0.1) is 0 Å². The fourth-order valence-electron chi connectivity index (χ4n) is 2.62. The number of carbonyl (C=O) groups excluding carboxylic acids is 2. The topological polar surface area (TPSA) is 61.4 Å². The van der Waals surface area contributed by atoms with Gasteiger partial charge in [0, 0.05) is 31.2 Å². The van der Waals surface area contributed by atoms with Crippen molar-refractivity contribution < 1.29 is 9.59 Å². The number of urea groups is 1. The summed E-state index contributed by atoms with van der Waals surface area (Å²) in [5.74, 6) is 0.248. The second-order valence-electron chi connectivity index (χ2n) is 6.19. The number of rotatable bonds is 6. The molecule has 1 heterocycles. The lowest BCUT2D eigenvalue weighted by Crippen LogP contribution is -2.35. The van der Waals surface area contributed by atoms with Crippen LogP contribution in [-0.2, 0) is 11.2 Å². The third kappa shape index (κ3) is 5.58. The predicted molar refractivity (Wildman–Crippen MR) is 92.5 cm³/mol. The van der Waals surface area contributed by atoms with Gasteiger partial charge in [0.2, 0.25) is 5.91 Å². The number of benzene rings is 1. The van der Waals surface area contributed by atoms with Gasteiger partial charge in [0.1, 0.15) is 0 Å². The van der Waals surface area contributed by atoms with Crippen LogP contribution in [-0.4, -0.2) is 36.0 Å². The minimum Gasteiger partial charge on any atom is -0.343 e. The van der Waals surface area contributed by atoms with Crippen molar-refractivity contribution >= 4 is 17.6 Å². The maximum Gasteiger partial charge on any atom is 0.319 e. The van der Waals surface area contributed by atoms with E-state index in [4.69, 9.17) is 0 Å². The molecule has 0 aliphatic carbocycles. The van der Waals surface area contributed by atoms with Crippen LogP contribution in [0.3, 0.4) is 0 Å². The molecular formula is C18H27N3O2. The lowest BCUT2D eigenvalue weighted by molar-refractivity contribution is -0.130. The Morgan fingerprint density at radius 2 is 1.83 bits per heavy atom. The van der Waals surface area contributed by atoms with Crippen molar-refractivity contribution in [1.82, 2.24) is 10.2 Å². The lowest BCUT2D eigenvalue weighted by atomic mass is 10.1. The highest BCUT2D eigenvalue weighted by atomic mass is 16.2. The molecule has 1 aliphatic heterocycles. The van der Waals surface area contributed by atoms with Crippen LogP contribution < -0.4 is 10.6 Å². The molecule has 126 valence electrons. The number of likely N-dealkylation sites (tertiary alicyclic amines) is 1. The molecule has 0 aromatic heterocycles. The first-order valence-electron chi connectivity index (χ1n) is 8.52. The third-order valence-electron chi connectivity index (χ3n) is 4.29. The first-order valence-corrected chi connectivity index (χ1v) is 8.52. The number of hydrogen-bond acceptors (Lipinski definition) is 2. The van der Waals surface area contributed by atoms with E-state index in [1.54, 1.807) is 0 Å². The Morgan fingerprint density at radius 1 is 1.17 bits per heavy atom. The first kappa shape index (κ1) is 17.3. The highest BCUT2D eigenvalue weighted by Gasteiger charge is 2.17. The van der Waals surface area contributed by atoms with E-state index in [-0.39, 0.29) is 18.0 Å². The number of anilines is 1. The summed E-state index contributed by atoms with van der Waals surface area (Å²) in [7, 11) is 0. The van der Waals surface area contributed by atoms with E-state index >= 15 is 0 Å². The Bertz CT molecular complexity index is 522. The van der Waals surface area contributed by atoms with Gasteiger partial charge >= 0.3 is 6.03 Å². The lowest BCUT2D eigenvalue weighted by Gasteiger charge is -2.15. The molecule has 1 fully saturated rings. The van der Waals surface area contributed by atoms with E-state index < -0.39 is 0 Å². The number of nitrogens with one attached hydrogen (secondary N) is 2. The fraction of sp³-hybridized carbons (Fsp3) is 0.556. The summed E-state index contributed by atoms with van der Waals surface area (Å²) in [6.45, 7) is 5.82. The van der Waals surface area contributed by atoms with E-state index in [9.17, 15) is 9.59 Å². The minimum atomic E-state index is -0.184. The molecule has 3 amide bonds. The maximum absolute atomic E-state index is 12.0. The average molecular weight is 317 g/mol. The van der Waals surface area contributed by atoms with Crippen LogP contribution in [0.4, 0.5) is 10.5 Å². The van der Waals surface area contributed by atoms with E-state index in [0.717, 1.165) is 50.0 Å². The van der Waals surface area contributed by atoms with E-state index in [2.05, 4.69) is 10.6 Å². The molecule has 1 aliphatic rings. The second kappa shape index (κ2) is 8.56. The van der Waals surface area contributed by atoms with Crippen molar-refractivity contribution in [1.29, 1.82) is 0 Å². The molecule has 0 bridgehead atoms. The van der Waals surface area contributed by atoms with Crippen molar-refractivity contribution in [3.8, 4) is 0 Å². The summed E-state index contributed by atoms with van der Waals surface area (Å²) in [5.41, 5.74) is 1.88. The van der Waals surface area contributed by atoms with Crippen molar-refractivity contribution in [2.45, 2.75) is 52.0 Å². The fourth-order valence-corrected chi connectivity index (χ4v) is 2.62. The van der Waals surface area contributed by atoms with Crippen molar-refractivity contribution in [2.24, 2.45) is 0 Å². The second-order valence-corrected chi connectivity index (χ2v) is 6.19. The highest BCUT2D eigenvalue weighted by Crippen LogP contribution is 2.14. The molecule has 5 nitrogen and oxygen atoms in total. The highest BCUT2D eigenvalue weighted by molar-refractivity contribution is 5.89. The van der Waals surface area contributed by atoms with Gasteiger partial charge < -0.3 is 15.5 Å². The summed E-state index contributed by atoms with van der Waals surface area (Å²) in [6, 6.07) is 7.67. The number of nitrogens with zero attached hydrogens (tertiary/aromatic N) is 1. The van der Waals surface area contributed by atoms with Crippen LogP contribution in [0.5, 0.6) is 0 Å². The van der Waals surface area contributed by atoms with Crippen LogP contribution >= 0.6 is 0 Å². The number of hydrogen-bond donors (Lipinski definition) is 2. The monoisotopic (exact) mass is 317 g/mol. The predicted octanol–water partition coefficient (Wildman–Crippen LogP) is 3.16. The Balaban J connectivity index is 1.77. The molecule has 2 N–H and O–H groups in total. The Morgan fingerprint density at radius 3 is 2.43 bits per heavy atom. The Labute approximate surface area is 138 Å². The van der Waals surface area contributed by atoms with Gasteiger partial charge in [-0.2, -0.15) is 0 Å². The molecule has 0 radical (unpaired) electrons. The van der Waals surface area contributed by atoms with E-state index in [1.807, 2.05) is 43.0 Å². The van der Waals surface area contributed by atoms with E-state index in [0.29, 0.717) is 6.42 Å². The Kier molecular flexibility index (Phi) is 6.44. The van der Waals surface area contributed by atoms with Gasteiger partial charge in [0.05, 0.1) is 0 Å². The quantitative estimate of drug-likeness (QED) is 0.846. The zero-order chi connectivity index (χ0) is 16.7. The van der Waals surface area contributed by atoms with Crippen LogP contribution in [0.1, 0.15) is 45.1 Å². The molecule has 1 aromatic rings. The molecule has 2 rings (SSSR count). The summed E-state index contributed by atoms with van der Waals surface area (Å²) < 4.78 is 0. The molecule has 5 heteroatoms. The smallest absolute Gasteiger partial charge is 0.319 e. The Hall–Kier alpha value is -2.04. The van der Waals surface area contributed by atoms with E-state index in [1.165, 1.54) is 0 Å². The number of carbonyl (C=O) groups is 2. The first-order chi connectivity index (χ1) is 11.1. The standard InChI is InChI=1S/C18H27N3O2/c1-3-14(2)19-18(23)20-16-9-6-15(7-10-16)8-11-17(22)21-12-4-5-13-21/h6-7,9-10,14H,3-5,8,11-13H2,1-2H3,(H2,19,20,23). The van der Waals surface area contributed by atoms with Crippen LogP contribution in [0.2, 0.25) is 0 Å². The van der Waals surface area contributed by atoms with Crippen LogP contribution in [0.25, 0.3) is 0 Å². The molecule has 0 spiro atoms. The molecule has 1 unspecified atom stereocenters. The van der Waals surface area contributed by atoms with Crippen molar-refractivity contribution in [3.05, 3.63) is 29.8 Å². The number of aryl methyl sites for hydroxylation is 1. The van der Waals surface area contributed by atoms with Crippen molar-refractivity contribution in [2.75, 3.05) is 18.4 Å². The molecule has 23 heavy (non-hydrogen) atoms. The van der Waals surface area contributed by atoms with Gasteiger partial charge in [-0.05, 0) is 50.3 Å². The van der Waals surface area contributed by atoms with Crippen molar-refractivity contribution in [3.63, 3.8) is 0 Å². The summed E-state index contributed by atoms with van der Waals surface area (Å²) in [6.07, 6.45) is 4.46. The summed E-state index contributed by atoms with van der Waals surface area (Å²) in [5, 5.41) is 5.68. The van der Waals surface area contributed by atoms with Gasteiger partial charge in [0.25, 0.3) is 0 Å². The average Bonchev–Trinajstić information content (AvgIpc) is 3.08. The zero-order valence-corrected chi connectivity index (χ0v) is 14.1. The summed E-state index contributed by atoms with van der Waals surface area (Å²) in [4.78, 5) is 25.7. The van der Waals surface area contributed by atoms with Gasteiger partial charge in [0.15, 0.2) is 0 Å². The summed E-state index contributed by atoms with van der Waals surface area (Å²) >= 11 is 0. The minimum absolute atomic E-state index is 0.158. The third-order valence-corrected chi connectivity index (χ3v) is 4.29. The van der Waals surface area contributed by atoms with Crippen LogP contribution in [0.15, 0.2) is 24.3 Å². The van der Waals surface area contributed by atoms with Crippen LogP contribution in [0, 0.1) is 0 Å². The van der Waals surface area contributed by atoms with Gasteiger partial charge in [-0.1, -0.05) is 19.1 Å². The largest absolute Gasteiger partial charge is 0.343 e. The van der Waals surface area contributed by atoms with Gasteiger partial charge in [-0.25, -0.2) is 4.79 Å². The molecule has 1 aromatic carbocycles. The molecule has 1 atom stereocenters. The zero-order valence-electron chi connectivity index (χ0n) is 14.1. The molecule has 1 saturated heterocycles. The molecular weight excluding hydrogens is 290 g/mol. The maximum atomic E-state index is 12.0. The molecule has 0 saturated carbocycles. The van der Waals surface area contributed by atoms with Gasteiger partial charge in [-0.3, -0.25) is 4.79 Å².